The van der Waals surface area contributed by atoms with Crippen LogP contribution in [0.15, 0.2) is 12.7 Å². The second kappa shape index (κ2) is 6.32. The maximum Gasteiger partial charge on any atom is 0.304 e. The normalized spacial score (nSPS) is 23.3. The Morgan fingerprint density at radius 3 is 2.48 bits per heavy atom. The predicted octanol–water partition coefficient (Wildman–Crippen LogP) is 2.68. The standard InChI is InChI=1S/C15H27NO4Si/c1-8-9-16-13(18)10-12(14(16)19-11(2)17)20-21(6,7)15(3,4)5/h8,12,14H,1,9-10H2,2-7H3/t12-,14?/m0/s1. The van der Waals surface area contributed by atoms with Crippen LogP contribution in [-0.2, 0) is 18.8 Å². The molecule has 1 fully saturated rings. The molecule has 0 aromatic heterocycles. The maximum atomic E-state index is 12.1. The Hall–Kier alpha value is -1.14. The van der Waals surface area contributed by atoms with Crippen LogP contribution in [0.1, 0.15) is 34.1 Å². The molecule has 5 nitrogen and oxygen atoms in total. The minimum Gasteiger partial charge on any atom is -0.439 e. The summed E-state index contributed by atoms with van der Waals surface area (Å²) in [6, 6.07) is 0. The summed E-state index contributed by atoms with van der Waals surface area (Å²) in [4.78, 5) is 25.0. The lowest BCUT2D eigenvalue weighted by atomic mass is 10.2. The Kier molecular flexibility index (Phi) is 5.39. The number of carbonyl (C=O) groups is 2. The Labute approximate surface area is 128 Å². The average Bonchev–Trinajstić information content (AvgIpc) is 2.55. The SMILES string of the molecule is C=CCN1C(=O)C[C@H](O[Si](C)(C)C(C)(C)C)C1OC(C)=O. The summed E-state index contributed by atoms with van der Waals surface area (Å²) in [5.41, 5.74) is 0. The topological polar surface area (TPSA) is 55.8 Å². The van der Waals surface area contributed by atoms with E-state index in [1.165, 1.54) is 11.8 Å². The minimum atomic E-state index is -2.04. The fourth-order valence-corrected chi connectivity index (χ4v) is 3.35. The van der Waals surface area contributed by atoms with E-state index in [2.05, 4.69) is 40.4 Å². The number of ether oxygens (including phenoxy) is 1. The first-order valence-electron chi connectivity index (χ1n) is 7.25. The van der Waals surface area contributed by atoms with Crippen molar-refractivity contribution in [3.05, 3.63) is 12.7 Å². The summed E-state index contributed by atoms with van der Waals surface area (Å²) < 4.78 is 11.6. The molecule has 0 bridgehead atoms. The zero-order valence-electron chi connectivity index (χ0n) is 13.9. The van der Waals surface area contributed by atoms with Crippen LogP contribution in [0.5, 0.6) is 0 Å². The number of carbonyl (C=O) groups excluding carboxylic acids is 2. The van der Waals surface area contributed by atoms with E-state index in [1.54, 1.807) is 6.08 Å². The first kappa shape index (κ1) is 17.9. The van der Waals surface area contributed by atoms with Crippen LogP contribution in [0.4, 0.5) is 0 Å². The molecule has 1 amide bonds. The maximum absolute atomic E-state index is 12.1. The van der Waals surface area contributed by atoms with E-state index in [0.29, 0.717) is 6.54 Å². The molecule has 1 unspecified atom stereocenters. The summed E-state index contributed by atoms with van der Waals surface area (Å²) in [6.07, 6.45) is 0.825. The molecule has 0 N–H and O–H groups in total. The van der Waals surface area contributed by atoms with Gasteiger partial charge in [0.15, 0.2) is 8.32 Å². The van der Waals surface area contributed by atoms with Gasteiger partial charge in [0.05, 0.1) is 6.42 Å². The highest BCUT2D eigenvalue weighted by Gasteiger charge is 2.47. The van der Waals surface area contributed by atoms with E-state index in [9.17, 15) is 9.59 Å². The fraction of sp³-hybridized carbons (Fsp3) is 0.733. The van der Waals surface area contributed by atoms with Gasteiger partial charge >= 0.3 is 5.97 Å². The Morgan fingerprint density at radius 1 is 1.48 bits per heavy atom. The Balaban J connectivity index is 2.96. The average molecular weight is 313 g/mol. The smallest absolute Gasteiger partial charge is 0.304 e. The van der Waals surface area contributed by atoms with Crippen molar-refractivity contribution >= 4 is 20.2 Å². The molecule has 0 radical (unpaired) electrons. The van der Waals surface area contributed by atoms with Crippen molar-refractivity contribution in [2.75, 3.05) is 6.54 Å². The quantitative estimate of drug-likeness (QED) is 0.445. The lowest BCUT2D eigenvalue weighted by molar-refractivity contribution is -0.162. The molecule has 0 spiro atoms. The van der Waals surface area contributed by atoms with Gasteiger partial charge in [-0.1, -0.05) is 26.8 Å². The molecule has 1 rings (SSSR count). The largest absolute Gasteiger partial charge is 0.439 e. The van der Waals surface area contributed by atoms with E-state index < -0.39 is 26.6 Å². The highest BCUT2D eigenvalue weighted by molar-refractivity contribution is 6.74. The monoisotopic (exact) mass is 313 g/mol. The van der Waals surface area contributed by atoms with Crippen LogP contribution in [0.2, 0.25) is 18.1 Å². The summed E-state index contributed by atoms with van der Waals surface area (Å²) in [6.45, 7) is 16.0. The minimum absolute atomic E-state index is 0.0304. The van der Waals surface area contributed by atoms with Crippen molar-refractivity contribution in [3.8, 4) is 0 Å². The lowest BCUT2D eigenvalue weighted by Crippen LogP contribution is -2.49. The molecule has 1 aliphatic heterocycles. The third-order valence-corrected chi connectivity index (χ3v) is 8.69. The van der Waals surface area contributed by atoms with Gasteiger partial charge in [-0.05, 0) is 18.1 Å². The van der Waals surface area contributed by atoms with Gasteiger partial charge in [-0.3, -0.25) is 9.59 Å². The highest BCUT2D eigenvalue weighted by atomic mass is 28.4. The number of rotatable bonds is 5. The Bertz CT molecular complexity index is 428. The van der Waals surface area contributed by atoms with Crippen LogP contribution in [0.3, 0.4) is 0 Å². The lowest BCUT2D eigenvalue weighted by Gasteiger charge is -2.39. The molecule has 2 atom stereocenters. The van der Waals surface area contributed by atoms with Crippen LogP contribution >= 0.6 is 0 Å². The third-order valence-electron chi connectivity index (χ3n) is 4.19. The zero-order valence-corrected chi connectivity index (χ0v) is 14.9. The summed E-state index contributed by atoms with van der Waals surface area (Å²) >= 11 is 0. The number of nitrogens with zero attached hydrogens (tertiary/aromatic N) is 1. The van der Waals surface area contributed by atoms with E-state index >= 15 is 0 Å². The number of amides is 1. The molecule has 0 aliphatic carbocycles. The van der Waals surface area contributed by atoms with Gasteiger partial charge in [0.25, 0.3) is 0 Å². The van der Waals surface area contributed by atoms with Gasteiger partial charge < -0.3 is 14.1 Å². The molecule has 0 saturated carbocycles. The number of esters is 1. The molecule has 120 valence electrons. The number of likely N-dealkylation sites (tertiary alicyclic amines) is 1. The number of hydrogen-bond donors (Lipinski definition) is 0. The molecule has 1 heterocycles. The first-order chi connectivity index (χ1) is 9.49. The predicted molar refractivity (Wildman–Crippen MR) is 84.2 cm³/mol. The Morgan fingerprint density at radius 2 is 2.05 bits per heavy atom. The van der Waals surface area contributed by atoms with Gasteiger partial charge in [-0.25, -0.2) is 0 Å². The second-order valence-corrected chi connectivity index (χ2v) is 11.7. The van der Waals surface area contributed by atoms with Crippen LogP contribution < -0.4 is 0 Å². The van der Waals surface area contributed by atoms with E-state index in [-0.39, 0.29) is 17.4 Å². The van der Waals surface area contributed by atoms with E-state index in [0.717, 1.165) is 0 Å². The molecule has 0 aromatic carbocycles. The molecular weight excluding hydrogens is 286 g/mol. The fourth-order valence-electron chi connectivity index (χ4n) is 2.04. The zero-order chi connectivity index (χ0) is 16.4. The van der Waals surface area contributed by atoms with Crippen molar-refractivity contribution in [2.24, 2.45) is 0 Å². The van der Waals surface area contributed by atoms with Gasteiger partial charge in [-0.15, -0.1) is 6.58 Å². The third kappa shape index (κ3) is 4.17. The van der Waals surface area contributed by atoms with Crippen LogP contribution in [0.25, 0.3) is 0 Å². The van der Waals surface area contributed by atoms with Gasteiger partial charge in [0.1, 0.15) is 6.10 Å². The molecule has 1 saturated heterocycles. The van der Waals surface area contributed by atoms with Gasteiger partial charge in [-0.2, -0.15) is 0 Å². The molecule has 1 aliphatic rings. The van der Waals surface area contributed by atoms with Crippen molar-refractivity contribution in [3.63, 3.8) is 0 Å². The number of hydrogen-bond acceptors (Lipinski definition) is 4. The summed E-state index contributed by atoms with van der Waals surface area (Å²) in [5.74, 6) is -0.475. The summed E-state index contributed by atoms with van der Waals surface area (Å²) in [5, 5.41) is 0.0304. The van der Waals surface area contributed by atoms with E-state index in [1.807, 2.05) is 0 Å². The molecule has 6 heteroatoms. The van der Waals surface area contributed by atoms with Gasteiger partial charge in [0.2, 0.25) is 12.1 Å². The molecule has 0 aromatic rings. The van der Waals surface area contributed by atoms with E-state index in [4.69, 9.17) is 9.16 Å². The summed E-state index contributed by atoms with van der Waals surface area (Å²) in [7, 11) is -2.04. The molecule has 21 heavy (non-hydrogen) atoms. The van der Waals surface area contributed by atoms with Crippen molar-refractivity contribution in [1.29, 1.82) is 0 Å². The van der Waals surface area contributed by atoms with Crippen molar-refractivity contribution in [2.45, 2.75) is 64.6 Å². The van der Waals surface area contributed by atoms with Gasteiger partial charge in [0, 0.05) is 13.5 Å². The first-order valence-corrected chi connectivity index (χ1v) is 10.2. The van der Waals surface area contributed by atoms with Crippen LogP contribution in [0, 0.1) is 0 Å². The van der Waals surface area contributed by atoms with Crippen molar-refractivity contribution in [1.82, 2.24) is 4.90 Å². The van der Waals surface area contributed by atoms with Crippen LogP contribution in [-0.4, -0.2) is 44.0 Å². The second-order valence-electron chi connectivity index (χ2n) is 6.96. The molecular formula is C15H27NO4Si. The highest BCUT2D eigenvalue weighted by Crippen LogP contribution is 2.39. The van der Waals surface area contributed by atoms with Crippen molar-refractivity contribution < 1.29 is 18.8 Å².